The van der Waals surface area contributed by atoms with Crippen LogP contribution in [0.4, 0.5) is 5.69 Å². The summed E-state index contributed by atoms with van der Waals surface area (Å²) in [5.74, 6) is -0.793. The molecular weight excluding hydrogens is 440 g/mol. The molecule has 0 fully saturated rings. The number of halogens is 1. The Morgan fingerprint density at radius 1 is 1.31 bits per heavy atom. The number of carboxylic acids is 1. The average Bonchev–Trinajstić information content (AvgIpc) is 2.71. The lowest BCUT2D eigenvalue weighted by molar-refractivity contribution is -0.112. The molecule has 2 N–H and O–H groups in total. The van der Waals surface area contributed by atoms with E-state index in [1.807, 2.05) is 6.07 Å². The van der Waals surface area contributed by atoms with Gasteiger partial charge in [0.05, 0.1) is 17.1 Å². The van der Waals surface area contributed by atoms with Gasteiger partial charge in [-0.15, -0.1) is 0 Å². The highest BCUT2D eigenvalue weighted by atomic mass is 79.9. The van der Waals surface area contributed by atoms with Crippen LogP contribution in [0, 0.1) is 11.3 Å². The normalized spacial score (nSPS) is 10.6. The van der Waals surface area contributed by atoms with Crippen LogP contribution >= 0.6 is 15.9 Å². The summed E-state index contributed by atoms with van der Waals surface area (Å²) in [5.41, 5.74) is 0.872. The number of benzene rings is 2. The Bertz CT molecular complexity index is 1010. The number of hydrogen-bond donors (Lipinski definition) is 2. The highest BCUT2D eigenvalue weighted by molar-refractivity contribution is 9.10. The van der Waals surface area contributed by atoms with Gasteiger partial charge in [-0.1, -0.05) is 12.7 Å². The van der Waals surface area contributed by atoms with E-state index >= 15 is 0 Å². The molecule has 0 spiro atoms. The van der Waals surface area contributed by atoms with Crippen molar-refractivity contribution in [1.82, 2.24) is 0 Å². The van der Waals surface area contributed by atoms with Crippen LogP contribution in [0.1, 0.15) is 15.9 Å². The summed E-state index contributed by atoms with van der Waals surface area (Å²) < 4.78 is 11.5. The summed E-state index contributed by atoms with van der Waals surface area (Å²) >= 11 is 3.39. The third kappa shape index (κ3) is 5.70. The molecule has 0 heterocycles. The van der Waals surface area contributed by atoms with Crippen molar-refractivity contribution in [3.63, 3.8) is 0 Å². The summed E-state index contributed by atoms with van der Waals surface area (Å²) in [6.45, 7) is 3.88. The predicted octanol–water partition coefficient (Wildman–Crippen LogP) is 4.27. The van der Waals surface area contributed by atoms with Crippen LogP contribution in [-0.2, 0) is 4.79 Å². The molecule has 148 valence electrons. The number of carbonyl (C=O) groups is 2. The number of rotatable bonds is 8. The van der Waals surface area contributed by atoms with Gasteiger partial charge < -0.3 is 19.9 Å². The molecule has 0 aliphatic heterocycles. The highest BCUT2D eigenvalue weighted by Crippen LogP contribution is 2.37. The number of methoxy groups -OCH3 is 1. The standard InChI is InChI=1S/C21H17BrN2O5/c1-3-8-29-19-17(22)10-13(11-18(19)28-2)9-15(12-23)20(25)24-16-6-4-14(5-7-16)21(26)27/h3-7,9-11H,1,8H2,2H3,(H,24,25)(H,26,27)/b15-9+. The van der Waals surface area contributed by atoms with Crippen molar-refractivity contribution in [2.75, 3.05) is 19.0 Å². The third-order valence-corrected chi connectivity index (χ3v) is 4.25. The first kappa shape index (κ1) is 21.7. The fraction of sp³-hybridized carbons (Fsp3) is 0.0952. The molecule has 0 aromatic heterocycles. The summed E-state index contributed by atoms with van der Waals surface area (Å²) in [5, 5.41) is 20.9. The maximum atomic E-state index is 12.4. The third-order valence-electron chi connectivity index (χ3n) is 3.66. The van der Waals surface area contributed by atoms with Crippen LogP contribution in [-0.4, -0.2) is 30.7 Å². The molecule has 29 heavy (non-hydrogen) atoms. The van der Waals surface area contributed by atoms with Crippen LogP contribution in [0.3, 0.4) is 0 Å². The van der Waals surface area contributed by atoms with Crippen molar-refractivity contribution in [3.05, 3.63) is 70.2 Å². The first-order valence-electron chi connectivity index (χ1n) is 8.27. The zero-order valence-electron chi connectivity index (χ0n) is 15.4. The summed E-state index contributed by atoms with van der Waals surface area (Å²) in [6.07, 6.45) is 3.01. The second-order valence-electron chi connectivity index (χ2n) is 5.64. The fourth-order valence-corrected chi connectivity index (χ4v) is 2.89. The van der Waals surface area contributed by atoms with Crippen LogP contribution in [0.25, 0.3) is 6.08 Å². The molecule has 2 rings (SSSR count). The van der Waals surface area contributed by atoms with Gasteiger partial charge in [-0.3, -0.25) is 4.79 Å². The van der Waals surface area contributed by atoms with Gasteiger partial charge in [0.2, 0.25) is 0 Å². The van der Waals surface area contributed by atoms with Gasteiger partial charge >= 0.3 is 5.97 Å². The summed E-state index contributed by atoms with van der Waals surface area (Å²) in [7, 11) is 1.48. The lowest BCUT2D eigenvalue weighted by atomic mass is 10.1. The number of nitrogens with zero attached hydrogens (tertiary/aromatic N) is 1. The first-order valence-corrected chi connectivity index (χ1v) is 9.06. The van der Waals surface area contributed by atoms with Gasteiger partial charge in [0.15, 0.2) is 11.5 Å². The first-order chi connectivity index (χ1) is 13.9. The topological polar surface area (TPSA) is 109 Å². The number of carbonyl (C=O) groups excluding carboxylic acids is 1. The Kier molecular flexibility index (Phi) is 7.57. The quantitative estimate of drug-likeness (QED) is 0.348. The monoisotopic (exact) mass is 456 g/mol. The zero-order chi connectivity index (χ0) is 21.4. The number of nitriles is 1. The Hall–Kier alpha value is -3.57. The number of anilines is 1. The lowest BCUT2D eigenvalue weighted by Gasteiger charge is -2.12. The molecule has 0 saturated carbocycles. The van der Waals surface area contributed by atoms with E-state index in [0.717, 1.165) is 0 Å². The zero-order valence-corrected chi connectivity index (χ0v) is 17.0. The Labute approximate surface area is 176 Å². The molecule has 8 heteroatoms. The van der Waals surface area contributed by atoms with Gasteiger partial charge in [-0.2, -0.15) is 5.26 Å². The number of hydrogen-bond acceptors (Lipinski definition) is 5. The van der Waals surface area contributed by atoms with Crippen LogP contribution in [0.2, 0.25) is 0 Å². The molecule has 7 nitrogen and oxygen atoms in total. The van der Waals surface area contributed by atoms with Crippen molar-refractivity contribution in [1.29, 1.82) is 5.26 Å². The molecule has 0 unspecified atom stereocenters. The van der Waals surface area contributed by atoms with Gasteiger partial charge in [0.25, 0.3) is 5.91 Å². The van der Waals surface area contributed by atoms with Gasteiger partial charge in [0.1, 0.15) is 18.2 Å². The second kappa shape index (κ2) is 10.1. The molecule has 0 bridgehead atoms. The van der Waals surface area contributed by atoms with E-state index in [4.69, 9.17) is 14.6 Å². The highest BCUT2D eigenvalue weighted by Gasteiger charge is 2.14. The number of amides is 1. The molecule has 0 aliphatic rings. The minimum Gasteiger partial charge on any atom is -0.493 e. The van der Waals surface area contributed by atoms with Crippen molar-refractivity contribution in [2.24, 2.45) is 0 Å². The average molecular weight is 457 g/mol. The number of aromatic carboxylic acids is 1. The minimum atomic E-state index is -1.07. The van der Waals surface area contributed by atoms with E-state index in [-0.39, 0.29) is 17.7 Å². The SMILES string of the molecule is C=CCOc1c(Br)cc(/C=C(\C#N)C(=O)Nc2ccc(C(=O)O)cc2)cc1OC. The summed E-state index contributed by atoms with van der Waals surface area (Å²) in [6, 6.07) is 10.8. The van der Waals surface area contributed by atoms with E-state index in [9.17, 15) is 14.9 Å². The van der Waals surface area contributed by atoms with E-state index in [1.165, 1.54) is 37.5 Å². The lowest BCUT2D eigenvalue weighted by Crippen LogP contribution is -2.13. The molecule has 2 aromatic carbocycles. The van der Waals surface area contributed by atoms with Crippen molar-refractivity contribution >= 4 is 39.6 Å². The van der Waals surface area contributed by atoms with Crippen LogP contribution in [0.5, 0.6) is 11.5 Å². The number of ether oxygens (including phenoxy) is 2. The summed E-state index contributed by atoms with van der Waals surface area (Å²) in [4.78, 5) is 23.3. The molecule has 0 radical (unpaired) electrons. The van der Waals surface area contributed by atoms with Gasteiger partial charge in [-0.05, 0) is 64.0 Å². The van der Waals surface area contributed by atoms with E-state index in [0.29, 0.717) is 27.2 Å². The van der Waals surface area contributed by atoms with Crippen molar-refractivity contribution in [2.45, 2.75) is 0 Å². The van der Waals surface area contributed by atoms with Gasteiger partial charge in [0, 0.05) is 5.69 Å². The van der Waals surface area contributed by atoms with Crippen molar-refractivity contribution in [3.8, 4) is 17.6 Å². The molecule has 0 saturated heterocycles. The largest absolute Gasteiger partial charge is 0.493 e. The Balaban J connectivity index is 2.27. The minimum absolute atomic E-state index is 0.0924. The van der Waals surface area contributed by atoms with E-state index < -0.39 is 11.9 Å². The Morgan fingerprint density at radius 3 is 2.55 bits per heavy atom. The van der Waals surface area contributed by atoms with Crippen molar-refractivity contribution < 1.29 is 24.2 Å². The van der Waals surface area contributed by atoms with Crippen LogP contribution in [0.15, 0.2) is 59.1 Å². The predicted molar refractivity (Wildman–Crippen MR) is 112 cm³/mol. The fourth-order valence-electron chi connectivity index (χ4n) is 2.32. The second-order valence-corrected chi connectivity index (χ2v) is 6.49. The maximum absolute atomic E-state index is 12.4. The smallest absolute Gasteiger partial charge is 0.335 e. The van der Waals surface area contributed by atoms with E-state index in [2.05, 4.69) is 27.8 Å². The Morgan fingerprint density at radius 2 is 2.00 bits per heavy atom. The van der Waals surface area contributed by atoms with Gasteiger partial charge in [-0.25, -0.2) is 4.79 Å². The molecule has 2 aromatic rings. The molecule has 0 atom stereocenters. The van der Waals surface area contributed by atoms with Crippen LogP contribution < -0.4 is 14.8 Å². The number of nitrogens with one attached hydrogen (secondary N) is 1. The molecular formula is C21H17BrN2O5. The van der Waals surface area contributed by atoms with E-state index in [1.54, 1.807) is 18.2 Å². The number of carboxylic acid groups (broad SMARTS) is 1. The molecule has 0 aliphatic carbocycles. The molecule has 1 amide bonds. The maximum Gasteiger partial charge on any atom is 0.335 e.